The monoisotopic (exact) mass is 388 g/mol. The lowest BCUT2D eigenvalue weighted by Crippen LogP contribution is -2.56. The second-order valence-electron chi connectivity index (χ2n) is 8.74. The number of benzene rings is 1. The molecule has 142 valence electrons. The highest BCUT2D eigenvalue weighted by molar-refractivity contribution is 6.24. The molecular weight excluding hydrogens is 368 g/mol. The number of alkyl halides is 1. The van der Waals surface area contributed by atoms with Crippen LogP contribution in [0.15, 0.2) is 33.5 Å². The fourth-order valence-electron chi connectivity index (χ4n) is 6.02. The first-order valence-electron chi connectivity index (χ1n) is 9.46. The average Bonchev–Trinajstić information content (AvgIpc) is 2.56. The molecule has 4 fully saturated rings. The summed E-state index contributed by atoms with van der Waals surface area (Å²) in [6.45, 7) is 0.0120. The van der Waals surface area contributed by atoms with Gasteiger partial charge in [-0.15, -0.1) is 11.6 Å². The number of phenols is 1. The first-order chi connectivity index (χ1) is 12.8. The highest BCUT2D eigenvalue weighted by Gasteiger charge is 2.60. The molecule has 1 aromatic heterocycles. The van der Waals surface area contributed by atoms with E-state index in [4.69, 9.17) is 20.8 Å². The maximum Gasteiger partial charge on any atom is 0.336 e. The Morgan fingerprint density at radius 1 is 1.22 bits per heavy atom. The number of ether oxygens (including phenoxy) is 1. The summed E-state index contributed by atoms with van der Waals surface area (Å²) in [5, 5.41) is 10.2. The second-order valence-corrected chi connectivity index (χ2v) is 9.54. The minimum absolute atomic E-state index is 0.0120. The number of carbonyl (C=O) groups is 1. The number of halogens is 1. The van der Waals surface area contributed by atoms with Crippen molar-refractivity contribution in [3.05, 3.63) is 40.2 Å². The van der Waals surface area contributed by atoms with Gasteiger partial charge in [0.25, 0.3) is 0 Å². The molecule has 5 nitrogen and oxygen atoms in total. The van der Waals surface area contributed by atoms with Gasteiger partial charge in [-0.1, -0.05) is 0 Å². The third-order valence-corrected chi connectivity index (χ3v) is 7.04. The summed E-state index contributed by atoms with van der Waals surface area (Å²) in [7, 11) is 0. The van der Waals surface area contributed by atoms with Gasteiger partial charge in [-0.3, -0.25) is 4.79 Å². The molecule has 6 rings (SSSR count). The van der Waals surface area contributed by atoms with E-state index in [2.05, 4.69) is 0 Å². The summed E-state index contributed by atoms with van der Waals surface area (Å²) < 4.78 is 10.8. The van der Waals surface area contributed by atoms with Crippen molar-refractivity contribution in [1.29, 1.82) is 0 Å². The molecule has 1 heterocycles. The van der Waals surface area contributed by atoms with Crippen molar-refractivity contribution in [2.45, 2.75) is 50.0 Å². The molecule has 4 bridgehead atoms. The SMILES string of the molecule is O=C(OCc1cc(=O)oc2cc(O)ccc12)C12C[C@@H]3C[C@@H](CC(Cl)(C3)C1)C2. The van der Waals surface area contributed by atoms with Gasteiger partial charge in [-0.2, -0.15) is 0 Å². The van der Waals surface area contributed by atoms with E-state index < -0.39 is 11.0 Å². The fourth-order valence-corrected chi connectivity index (χ4v) is 6.72. The van der Waals surface area contributed by atoms with Crippen molar-refractivity contribution >= 4 is 28.5 Å². The van der Waals surface area contributed by atoms with Gasteiger partial charge in [0, 0.05) is 28.0 Å². The van der Waals surface area contributed by atoms with Crippen molar-refractivity contribution in [2.24, 2.45) is 17.3 Å². The molecular formula is C21H21ClO5. The number of hydrogen-bond donors (Lipinski definition) is 1. The predicted molar refractivity (Wildman–Crippen MR) is 99.6 cm³/mol. The van der Waals surface area contributed by atoms with E-state index in [0.717, 1.165) is 25.7 Å². The molecule has 27 heavy (non-hydrogen) atoms. The fraction of sp³-hybridized carbons (Fsp3) is 0.524. The lowest BCUT2D eigenvalue weighted by molar-refractivity contribution is -0.171. The van der Waals surface area contributed by atoms with Crippen LogP contribution in [0.2, 0.25) is 0 Å². The molecule has 1 N–H and O–H groups in total. The quantitative estimate of drug-likeness (QED) is 0.486. The zero-order valence-electron chi connectivity index (χ0n) is 14.9. The summed E-state index contributed by atoms with van der Waals surface area (Å²) >= 11 is 6.81. The van der Waals surface area contributed by atoms with Crippen LogP contribution in [0.3, 0.4) is 0 Å². The highest BCUT2D eigenvalue weighted by Crippen LogP contribution is 2.64. The Kier molecular flexibility index (Phi) is 3.64. The molecule has 4 saturated carbocycles. The van der Waals surface area contributed by atoms with Crippen LogP contribution in [0.25, 0.3) is 11.0 Å². The van der Waals surface area contributed by atoms with E-state index >= 15 is 0 Å². The van der Waals surface area contributed by atoms with E-state index in [0.29, 0.717) is 29.2 Å². The molecule has 0 spiro atoms. The van der Waals surface area contributed by atoms with E-state index in [1.807, 2.05) is 0 Å². The van der Waals surface area contributed by atoms with Crippen LogP contribution < -0.4 is 5.63 Å². The van der Waals surface area contributed by atoms with Gasteiger partial charge < -0.3 is 14.3 Å². The Bertz CT molecular complexity index is 980. The third-order valence-electron chi connectivity index (χ3n) is 6.60. The van der Waals surface area contributed by atoms with Gasteiger partial charge in [0.15, 0.2) is 0 Å². The molecule has 4 atom stereocenters. The van der Waals surface area contributed by atoms with Crippen LogP contribution in [0.1, 0.15) is 44.1 Å². The van der Waals surface area contributed by atoms with Gasteiger partial charge >= 0.3 is 11.6 Å². The molecule has 0 radical (unpaired) electrons. The maximum atomic E-state index is 13.1. The predicted octanol–water partition coefficient (Wildman–Crippen LogP) is 4.12. The Morgan fingerprint density at radius 2 is 1.96 bits per heavy atom. The Hall–Kier alpha value is -2.01. The van der Waals surface area contributed by atoms with Crippen LogP contribution in [-0.4, -0.2) is 16.0 Å². The van der Waals surface area contributed by atoms with Crippen molar-refractivity contribution in [3.8, 4) is 5.75 Å². The summed E-state index contributed by atoms with van der Waals surface area (Å²) in [5.41, 5.74) is -0.143. The summed E-state index contributed by atoms with van der Waals surface area (Å²) in [6.07, 6.45) is 5.61. The molecule has 1 aromatic carbocycles. The first-order valence-corrected chi connectivity index (χ1v) is 9.84. The van der Waals surface area contributed by atoms with Gasteiger partial charge in [-0.05, 0) is 62.5 Å². The van der Waals surface area contributed by atoms with Crippen molar-refractivity contribution < 1.29 is 19.1 Å². The van der Waals surface area contributed by atoms with Gasteiger partial charge in [-0.25, -0.2) is 4.79 Å². The maximum absolute atomic E-state index is 13.1. The molecule has 0 aliphatic heterocycles. The van der Waals surface area contributed by atoms with Crippen molar-refractivity contribution in [1.82, 2.24) is 0 Å². The third kappa shape index (κ3) is 2.83. The minimum Gasteiger partial charge on any atom is -0.508 e. The van der Waals surface area contributed by atoms with Crippen molar-refractivity contribution in [2.75, 3.05) is 0 Å². The number of rotatable bonds is 3. The molecule has 2 aromatic rings. The number of hydrogen-bond acceptors (Lipinski definition) is 5. The lowest BCUT2D eigenvalue weighted by atomic mass is 9.49. The molecule has 4 aliphatic rings. The number of esters is 1. The summed E-state index contributed by atoms with van der Waals surface area (Å²) in [5.74, 6) is 0.857. The first kappa shape index (κ1) is 17.1. The van der Waals surface area contributed by atoms with Crippen molar-refractivity contribution in [3.63, 3.8) is 0 Å². The molecule has 2 unspecified atom stereocenters. The molecule has 6 heteroatoms. The molecule has 0 saturated heterocycles. The zero-order chi connectivity index (χ0) is 18.8. The smallest absolute Gasteiger partial charge is 0.336 e. The largest absolute Gasteiger partial charge is 0.508 e. The molecule has 4 aliphatic carbocycles. The zero-order valence-corrected chi connectivity index (χ0v) is 15.6. The van der Waals surface area contributed by atoms with E-state index in [1.165, 1.54) is 24.6 Å². The van der Waals surface area contributed by atoms with E-state index in [9.17, 15) is 14.7 Å². The Labute approximate surface area is 161 Å². The summed E-state index contributed by atoms with van der Waals surface area (Å²) in [6, 6.07) is 5.91. The van der Waals surface area contributed by atoms with Crippen LogP contribution in [-0.2, 0) is 16.1 Å². The standard InChI is InChI=1S/C21H21ClO5/c22-21-8-12-3-13(9-21)7-20(6-12,11-21)19(25)26-10-14-4-18(24)27-17-5-15(23)1-2-16(14)17/h1-2,4-5,12-13,23H,3,6-11H2/t12-,13+,20?,21?. The Morgan fingerprint density at radius 3 is 2.67 bits per heavy atom. The van der Waals surface area contributed by atoms with E-state index in [-0.39, 0.29) is 28.8 Å². The second kappa shape index (κ2) is 5.74. The number of fused-ring (bicyclic) bond motifs is 1. The van der Waals surface area contributed by atoms with Gasteiger partial charge in [0.1, 0.15) is 17.9 Å². The Balaban J connectivity index is 1.40. The minimum atomic E-state index is -0.534. The number of aromatic hydroxyl groups is 1. The number of carbonyl (C=O) groups excluding carboxylic acids is 1. The lowest BCUT2D eigenvalue weighted by Gasteiger charge is -2.58. The topological polar surface area (TPSA) is 76.7 Å². The van der Waals surface area contributed by atoms with E-state index in [1.54, 1.807) is 6.07 Å². The van der Waals surface area contributed by atoms with Crippen LogP contribution in [0.5, 0.6) is 5.75 Å². The van der Waals surface area contributed by atoms with Crippen LogP contribution >= 0.6 is 11.6 Å². The van der Waals surface area contributed by atoms with Gasteiger partial charge in [0.2, 0.25) is 0 Å². The summed E-state index contributed by atoms with van der Waals surface area (Å²) in [4.78, 5) is 24.6. The number of phenolic OH excluding ortho intramolecular Hbond substituents is 1. The van der Waals surface area contributed by atoms with Crippen LogP contribution in [0.4, 0.5) is 0 Å². The highest BCUT2D eigenvalue weighted by atomic mass is 35.5. The van der Waals surface area contributed by atoms with Gasteiger partial charge in [0.05, 0.1) is 5.41 Å². The normalized spacial score (nSPS) is 34.1. The van der Waals surface area contributed by atoms with Crippen LogP contribution in [0, 0.1) is 17.3 Å². The average molecular weight is 389 g/mol. The molecule has 0 amide bonds.